The Kier molecular flexibility index (Phi) is 6.36. The highest BCUT2D eigenvalue weighted by molar-refractivity contribution is 5.74. The van der Waals surface area contributed by atoms with Gasteiger partial charge in [0, 0.05) is 32.4 Å². The van der Waals surface area contributed by atoms with Crippen LogP contribution in [0.25, 0.3) is 0 Å². The summed E-state index contributed by atoms with van der Waals surface area (Å²) in [6, 6.07) is 8.26. The molecule has 0 aromatic heterocycles. The summed E-state index contributed by atoms with van der Waals surface area (Å²) in [5, 5.41) is 5.87. The number of carbonyl (C=O) groups excluding carboxylic acids is 1. The van der Waals surface area contributed by atoms with Gasteiger partial charge in [0.1, 0.15) is 0 Å². The summed E-state index contributed by atoms with van der Waals surface area (Å²) in [4.78, 5) is 13.8. The van der Waals surface area contributed by atoms with Crippen LogP contribution in [0.1, 0.15) is 32.8 Å². The van der Waals surface area contributed by atoms with Gasteiger partial charge in [0.25, 0.3) is 0 Å². The SMILES string of the molecule is CCC(C)C(C)NC(=O)NCc1ccc(N(C)C)cc1. The first-order valence-electron chi connectivity index (χ1n) is 7.24. The minimum absolute atomic E-state index is 0.102. The van der Waals surface area contributed by atoms with Gasteiger partial charge in [-0.2, -0.15) is 0 Å². The molecule has 4 nitrogen and oxygen atoms in total. The minimum atomic E-state index is -0.102. The van der Waals surface area contributed by atoms with Gasteiger partial charge in [-0.25, -0.2) is 4.79 Å². The lowest BCUT2D eigenvalue weighted by Gasteiger charge is -2.20. The highest BCUT2D eigenvalue weighted by Crippen LogP contribution is 2.12. The molecule has 0 saturated carbocycles. The summed E-state index contributed by atoms with van der Waals surface area (Å²) in [6.07, 6.45) is 1.06. The molecule has 2 amide bonds. The van der Waals surface area contributed by atoms with Gasteiger partial charge in [-0.05, 0) is 30.5 Å². The topological polar surface area (TPSA) is 44.4 Å². The van der Waals surface area contributed by atoms with E-state index < -0.39 is 0 Å². The third-order valence-electron chi connectivity index (χ3n) is 3.76. The van der Waals surface area contributed by atoms with Crippen LogP contribution in [0.3, 0.4) is 0 Å². The molecule has 1 aromatic rings. The van der Waals surface area contributed by atoms with Crippen molar-refractivity contribution in [2.45, 2.75) is 39.8 Å². The van der Waals surface area contributed by atoms with Gasteiger partial charge in [-0.3, -0.25) is 0 Å². The second kappa shape index (κ2) is 7.78. The Morgan fingerprint density at radius 1 is 1.20 bits per heavy atom. The number of nitrogens with zero attached hydrogens (tertiary/aromatic N) is 1. The Bertz CT molecular complexity index is 414. The molecule has 1 rings (SSSR count). The number of urea groups is 1. The van der Waals surface area contributed by atoms with Crippen LogP contribution in [0, 0.1) is 5.92 Å². The van der Waals surface area contributed by atoms with E-state index >= 15 is 0 Å². The van der Waals surface area contributed by atoms with E-state index in [1.807, 2.05) is 33.2 Å². The maximum absolute atomic E-state index is 11.8. The molecule has 0 radical (unpaired) electrons. The van der Waals surface area contributed by atoms with Gasteiger partial charge in [0.05, 0.1) is 0 Å². The Morgan fingerprint density at radius 3 is 2.30 bits per heavy atom. The Morgan fingerprint density at radius 2 is 1.80 bits per heavy atom. The molecular formula is C16H27N3O. The highest BCUT2D eigenvalue weighted by Gasteiger charge is 2.12. The van der Waals surface area contributed by atoms with Crippen molar-refractivity contribution in [2.24, 2.45) is 5.92 Å². The smallest absolute Gasteiger partial charge is 0.315 e. The van der Waals surface area contributed by atoms with Crippen LogP contribution in [0.4, 0.5) is 10.5 Å². The number of hydrogen-bond donors (Lipinski definition) is 2. The highest BCUT2D eigenvalue weighted by atomic mass is 16.2. The van der Waals surface area contributed by atoms with Crippen molar-refractivity contribution in [3.63, 3.8) is 0 Å². The van der Waals surface area contributed by atoms with E-state index in [4.69, 9.17) is 0 Å². The fourth-order valence-corrected chi connectivity index (χ4v) is 1.85. The molecule has 0 aliphatic rings. The van der Waals surface area contributed by atoms with Crippen molar-refractivity contribution >= 4 is 11.7 Å². The third kappa shape index (κ3) is 5.11. The predicted molar refractivity (Wildman–Crippen MR) is 85.1 cm³/mol. The van der Waals surface area contributed by atoms with Crippen molar-refractivity contribution in [1.29, 1.82) is 0 Å². The van der Waals surface area contributed by atoms with Gasteiger partial charge in [0.15, 0.2) is 0 Å². The zero-order valence-electron chi connectivity index (χ0n) is 13.2. The standard InChI is InChI=1S/C16H27N3O/c1-6-12(2)13(3)18-16(20)17-11-14-7-9-15(10-8-14)19(4)5/h7-10,12-13H,6,11H2,1-5H3,(H2,17,18,20). The van der Waals surface area contributed by atoms with Crippen molar-refractivity contribution < 1.29 is 4.79 Å². The van der Waals surface area contributed by atoms with Crippen LogP contribution in [-0.4, -0.2) is 26.2 Å². The average molecular weight is 277 g/mol. The van der Waals surface area contributed by atoms with E-state index in [2.05, 4.69) is 41.5 Å². The van der Waals surface area contributed by atoms with Crippen molar-refractivity contribution in [1.82, 2.24) is 10.6 Å². The van der Waals surface area contributed by atoms with Gasteiger partial charge in [-0.1, -0.05) is 32.4 Å². The van der Waals surface area contributed by atoms with Crippen molar-refractivity contribution in [3.05, 3.63) is 29.8 Å². The van der Waals surface area contributed by atoms with E-state index in [1.165, 1.54) is 0 Å². The Labute approximate surface area is 122 Å². The third-order valence-corrected chi connectivity index (χ3v) is 3.76. The fraction of sp³-hybridized carbons (Fsp3) is 0.562. The number of amides is 2. The van der Waals surface area contributed by atoms with E-state index in [0.717, 1.165) is 17.7 Å². The monoisotopic (exact) mass is 277 g/mol. The number of rotatable bonds is 6. The van der Waals surface area contributed by atoms with Crippen LogP contribution in [0.15, 0.2) is 24.3 Å². The largest absolute Gasteiger partial charge is 0.378 e. The first-order chi connectivity index (χ1) is 9.43. The van der Waals surface area contributed by atoms with Gasteiger partial charge >= 0.3 is 6.03 Å². The number of benzene rings is 1. The maximum atomic E-state index is 11.8. The molecule has 1 aromatic carbocycles. The fourth-order valence-electron chi connectivity index (χ4n) is 1.85. The molecule has 2 N–H and O–H groups in total. The van der Waals surface area contributed by atoms with E-state index in [9.17, 15) is 4.79 Å². The summed E-state index contributed by atoms with van der Waals surface area (Å²) in [7, 11) is 4.02. The second-order valence-corrected chi connectivity index (χ2v) is 5.56. The number of hydrogen-bond acceptors (Lipinski definition) is 2. The molecule has 0 aliphatic carbocycles. The summed E-state index contributed by atoms with van der Waals surface area (Å²) in [5.41, 5.74) is 2.26. The molecule has 20 heavy (non-hydrogen) atoms. The van der Waals surface area contributed by atoms with Gasteiger partial charge in [-0.15, -0.1) is 0 Å². The Balaban J connectivity index is 2.41. The van der Waals surface area contributed by atoms with Crippen molar-refractivity contribution in [3.8, 4) is 0 Å². The lowest BCUT2D eigenvalue weighted by Crippen LogP contribution is -2.43. The molecule has 0 aliphatic heterocycles. The molecule has 112 valence electrons. The van der Waals surface area contributed by atoms with Gasteiger partial charge in [0.2, 0.25) is 0 Å². The summed E-state index contributed by atoms with van der Waals surface area (Å²) < 4.78 is 0. The molecule has 2 atom stereocenters. The summed E-state index contributed by atoms with van der Waals surface area (Å²) in [6.45, 7) is 6.87. The normalized spacial score (nSPS) is 13.4. The van der Waals surface area contributed by atoms with Crippen LogP contribution < -0.4 is 15.5 Å². The zero-order chi connectivity index (χ0) is 15.1. The molecule has 0 spiro atoms. The summed E-state index contributed by atoms with van der Waals surface area (Å²) >= 11 is 0. The minimum Gasteiger partial charge on any atom is -0.378 e. The lowest BCUT2D eigenvalue weighted by atomic mass is 10.0. The zero-order valence-corrected chi connectivity index (χ0v) is 13.2. The van der Waals surface area contributed by atoms with Crippen LogP contribution in [-0.2, 0) is 6.54 Å². The Hall–Kier alpha value is -1.71. The van der Waals surface area contributed by atoms with E-state index in [-0.39, 0.29) is 12.1 Å². The van der Waals surface area contributed by atoms with Crippen LogP contribution in [0.5, 0.6) is 0 Å². The first-order valence-corrected chi connectivity index (χ1v) is 7.24. The van der Waals surface area contributed by atoms with Gasteiger partial charge < -0.3 is 15.5 Å². The second-order valence-electron chi connectivity index (χ2n) is 5.56. The number of nitrogens with one attached hydrogen (secondary N) is 2. The maximum Gasteiger partial charge on any atom is 0.315 e. The average Bonchev–Trinajstić information content (AvgIpc) is 2.44. The van der Waals surface area contributed by atoms with E-state index in [0.29, 0.717) is 12.5 Å². The molecule has 0 bridgehead atoms. The molecule has 0 heterocycles. The quantitative estimate of drug-likeness (QED) is 0.839. The lowest BCUT2D eigenvalue weighted by molar-refractivity contribution is 0.233. The van der Waals surface area contributed by atoms with Crippen LogP contribution in [0.2, 0.25) is 0 Å². The van der Waals surface area contributed by atoms with E-state index in [1.54, 1.807) is 0 Å². The number of anilines is 1. The molecule has 0 saturated heterocycles. The molecule has 4 heteroatoms. The molecular weight excluding hydrogens is 250 g/mol. The first kappa shape index (κ1) is 16.3. The van der Waals surface area contributed by atoms with Crippen molar-refractivity contribution in [2.75, 3.05) is 19.0 Å². The summed E-state index contributed by atoms with van der Waals surface area (Å²) in [5.74, 6) is 0.486. The molecule has 2 unspecified atom stereocenters. The predicted octanol–water partition coefficient (Wildman–Crippen LogP) is 2.99. The van der Waals surface area contributed by atoms with Crippen LogP contribution >= 0.6 is 0 Å². The molecule has 0 fully saturated rings. The number of carbonyl (C=O) groups is 1.